The summed E-state index contributed by atoms with van der Waals surface area (Å²) in [4.78, 5) is 13.5. The number of para-hydroxylation sites is 1. The Kier molecular flexibility index (Phi) is 5.08. The Hall–Kier alpha value is -1.72. The summed E-state index contributed by atoms with van der Waals surface area (Å²) in [6, 6.07) is 8.17. The normalized spacial score (nSPS) is 18.2. The first-order valence-electron chi connectivity index (χ1n) is 8.45. The monoisotopic (exact) mass is 314 g/mol. The van der Waals surface area contributed by atoms with E-state index < -0.39 is 0 Å². The van der Waals surface area contributed by atoms with Crippen molar-refractivity contribution >= 4 is 16.7 Å². The lowest BCUT2D eigenvalue weighted by Crippen LogP contribution is -2.40. The van der Waals surface area contributed by atoms with E-state index in [1.165, 1.54) is 12.8 Å². The van der Waals surface area contributed by atoms with Gasteiger partial charge in [-0.1, -0.05) is 12.1 Å². The summed E-state index contributed by atoms with van der Waals surface area (Å²) >= 11 is 0. The molecular formula is C18H26N4O. The van der Waals surface area contributed by atoms with Crippen LogP contribution in [0.3, 0.4) is 0 Å². The first-order valence-corrected chi connectivity index (χ1v) is 8.45. The Morgan fingerprint density at radius 2 is 2.00 bits per heavy atom. The van der Waals surface area contributed by atoms with E-state index >= 15 is 0 Å². The number of anilines is 1. The Labute approximate surface area is 138 Å². The van der Waals surface area contributed by atoms with E-state index in [9.17, 15) is 5.11 Å². The van der Waals surface area contributed by atoms with Gasteiger partial charge in [0.1, 0.15) is 12.1 Å². The number of nitrogens with zero attached hydrogens (tertiary/aromatic N) is 4. The molecule has 23 heavy (non-hydrogen) atoms. The van der Waals surface area contributed by atoms with Crippen LogP contribution in [0.2, 0.25) is 0 Å². The largest absolute Gasteiger partial charge is 0.392 e. The lowest BCUT2D eigenvalue weighted by Gasteiger charge is -2.34. The Balaban J connectivity index is 1.62. The number of aromatic nitrogens is 2. The summed E-state index contributed by atoms with van der Waals surface area (Å²) in [7, 11) is 2.12. The van der Waals surface area contributed by atoms with Crippen molar-refractivity contribution in [2.75, 3.05) is 38.1 Å². The quantitative estimate of drug-likeness (QED) is 0.916. The SMILES string of the molecule is C[C@H](O)CN1CCC(CN(C)c2ncnc3ccccc23)CC1. The van der Waals surface area contributed by atoms with Crippen molar-refractivity contribution in [3.63, 3.8) is 0 Å². The van der Waals surface area contributed by atoms with Gasteiger partial charge in [-0.25, -0.2) is 9.97 Å². The van der Waals surface area contributed by atoms with Gasteiger partial charge in [0.05, 0.1) is 11.6 Å². The van der Waals surface area contributed by atoms with Crippen LogP contribution in [-0.4, -0.2) is 59.3 Å². The summed E-state index contributed by atoms with van der Waals surface area (Å²) in [5, 5.41) is 10.6. The fraction of sp³-hybridized carbons (Fsp3) is 0.556. The van der Waals surface area contributed by atoms with Gasteiger partial charge >= 0.3 is 0 Å². The highest BCUT2D eigenvalue weighted by Gasteiger charge is 2.22. The minimum absolute atomic E-state index is 0.235. The maximum atomic E-state index is 9.50. The lowest BCUT2D eigenvalue weighted by atomic mass is 9.96. The second kappa shape index (κ2) is 7.23. The molecule has 1 aromatic carbocycles. The van der Waals surface area contributed by atoms with Gasteiger partial charge in [0.2, 0.25) is 0 Å². The van der Waals surface area contributed by atoms with Gasteiger partial charge in [0.15, 0.2) is 0 Å². The van der Waals surface area contributed by atoms with Gasteiger partial charge in [-0.05, 0) is 50.9 Å². The Morgan fingerprint density at radius 1 is 1.26 bits per heavy atom. The average Bonchev–Trinajstić information content (AvgIpc) is 2.55. The lowest BCUT2D eigenvalue weighted by molar-refractivity contribution is 0.101. The van der Waals surface area contributed by atoms with Gasteiger partial charge in [-0.3, -0.25) is 0 Å². The topological polar surface area (TPSA) is 52.5 Å². The summed E-state index contributed by atoms with van der Waals surface area (Å²) in [6.45, 7) is 5.82. The zero-order valence-electron chi connectivity index (χ0n) is 14.0. The first-order chi connectivity index (χ1) is 11.1. The number of aliphatic hydroxyl groups excluding tert-OH is 1. The molecule has 1 aliphatic rings. The van der Waals surface area contributed by atoms with Crippen LogP contribution >= 0.6 is 0 Å². The van der Waals surface area contributed by atoms with Gasteiger partial charge < -0.3 is 14.9 Å². The molecule has 1 saturated heterocycles. The maximum absolute atomic E-state index is 9.50. The average molecular weight is 314 g/mol. The molecule has 1 N–H and O–H groups in total. The second-order valence-corrected chi connectivity index (χ2v) is 6.69. The highest BCUT2D eigenvalue weighted by atomic mass is 16.3. The first kappa shape index (κ1) is 16.1. The predicted octanol–water partition coefficient (Wildman–Crippen LogP) is 2.16. The van der Waals surface area contributed by atoms with Crippen LogP contribution < -0.4 is 4.90 Å². The minimum atomic E-state index is -0.235. The molecule has 1 fully saturated rings. The molecule has 124 valence electrons. The molecule has 0 spiro atoms. The fourth-order valence-corrected chi connectivity index (χ4v) is 3.49. The molecule has 0 saturated carbocycles. The Bertz CT molecular complexity index is 632. The predicted molar refractivity (Wildman–Crippen MR) is 93.7 cm³/mol. The van der Waals surface area contributed by atoms with Crippen LogP contribution in [0.25, 0.3) is 10.9 Å². The van der Waals surface area contributed by atoms with Crippen molar-refractivity contribution in [1.82, 2.24) is 14.9 Å². The van der Waals surface area contributed by atoms with Crippen LogP contribution in [0.1, 0.15) is 19.8 Å². The molecule has 0 amide bonds. The molecule has 0 unspecified atom stereocenters. The third-order valence-electron chi connectivity index (χ3n) is 4.64. The minimum Gasteiger partial charge on any atom is -0.392 e. The van der Waals surface area contributed by atoms with Crippen LogP contribution in [-0.2, 0) is 0 Å². The molecule has 2 heterocycles. The third-order valence-corrected chi connectivity index (χ3v) is 4.64. The molecular weight excluding hydrogens is 288 g/mol. The zero-order chi connectivity index (χ0) is 16.2. The van der Waals surface area contributed by atoms with E-state index in [1.807, 2.05) is 25.1 Å². The van der Waals surface area contributed by atoms with Crippen LogP contribution in [0.5, 0.6) is 0 Å². The number of aliphatic hydroxyl groups is 1. The molecule has 5 heteroatoms. The number of rotatable bonds is 5. The van der Waals surface area contributed by atoms with E-state index in [-0.39, 0.29) is 6.10 Å². The van der Waals surface area contributed by atoms with E-state index in [4.69, 9.17) is 0 Å². The number of piperidine rings is 1. The number of fused-ring (bicyclic) bond motifs is 1. The summed E-state index contributed by atoms with van der Waals surface area (Å²) < 4.78 is 0. The molecule has 1 aliphatic heterocycles. The van der Waals surface area contributed by atoms with Crippen molar-refractivity contribution in [2.45, 2.75) is 25.9 Å². The molecule has 0 aliphatic carbocycles. The van der Waals surface area contributed by atoms with Crippen molar-refractivity contribution in [3.8, 4) is 0 Å². The van der Waals surface area contributed by atoms with Crippen molar-refractivity contribution in [1.29, 1.82) is 0 Å². The number of benzene rings is 1. The molecule has 0 radical (unpaired) electrons. The van der Waals surface area contributed by atoms with Crippen LogP contribution in [0.4, 0.5) is 5.82 Å². The van der Waals surface area contributed by atoms with Gasteiger partial charge in [-0.2, -0.15) is 0 Å². The van der Waals surface area contributed by atoms with Gasteiger partial charge in [-0.15, -0.1) is 0 Å². The fourth-order valence-electron chi connectivity index (χ4n) is 3.49. The van der Waals surface area contributed by atoms with Crippen molar-refractivity contribution in [2.24, 2.45) is 5.92 Å². The second-order valence-electron chi connectivity index (χ2n) is 6.69. The van der Waals surface area contributed by atoms with Crippen molar-refractivity contribution in [3.05, 3.63) is 30.6 Å². The molecule has 1 aromatic heterocycles. The molecule has 2 aromatic rings. The van der Waals surface area contributed by atoms with E-state index in [1.54, 1.807) is 6.33 Å². The number of likely N-dealkylation sites (tertiary alicyclic amines) is 1. The molecule has 0 bridgehead atoms. The number of hydrogen-bond donors (Lipinski definition) is 1. The van der Waals surface area contributed by atoms with Crippen molar-refractivity contribution < 1.29 is 5.11 Å². The van der Waals surface area contributed by atoms with E-state index in [0.717, 1.165) is 42.9 Å². The van der Waals surface area contributed by atoms with E-state index in [2.05, 4.69) is 32.9 Å². The molecule has 5 nitrogen and oxygen atoms in total. The van der Waals surface area contributed by atoms with Gasteiger partial charge in [0, 0.05) is 25.5 Å². The van der Waals surface area contributed by atoms with Gasteiger partial charge in [0.25, 0.3) is 0 Å². The zero-order valence-corrected chi connectivity index (χ0v) is 14.0. The Morgan fingerprint density at radius 3 is 2.74 bits per heavy atom. The summed E-state index contributed by atoms with van der Waals surface area (Å²) in [5.41, 5.74) is 0.996. The highest BCUT2D eigenvalue weighted by Crippen LogP contribution is 2.25. The van der Waals surface area contributed by atoms with E-state index in [0.29, 0.717) is 5.92 Å². The number of β-amino-alcohol motifs (C(OH)–C–C–N with tert-alkyl or cyclic N) is 1. The van der Waals surface area contributed by atoms with Crippen LogP contribution in [0, 0.1) is 5.92 Å². The smallest absolute Gasteiger partial charge is 0.139 e. The third kappa shape index (κ3) is 3.98. The molecule has 3 rings (SSSR count). The standard InChI is InChI=1S/C18H26N4O/c1-14(23)11-22-9-7-15(8-10-22)12-21(2)18-16-5-3-4-6-17(16)19-13-20-18/h3-6,13-15,23H,7-12H2,1-2H3/t14-/m0/s1. The van der Waals surface area contributed by atoms with Crippen LogP contribution in [0.15, 0.2) is 30.6 Å². The summed E-state index contributed by atoms with van der Waals surface area (Å²) in [6.07, 6.45) is 3.78. The highest BCUT2D eigenvalue weighted by molar-refractivity contribution is 5.89. The maximum Gasteiger partial charge on any atom is 0.139 e. The molecule has 1 atom stereocenters. The number of hydrogen-bond acceptors (Lipinski definition) is 5. The summed E-state index contributed by atoms with van der Waals surface area (Å²) in [5.74, 6) is 1.70.